The molecule has 0 saturated carbocycles. The topological polar surface area (TPSA) is 90.5 Å². The van der Waals surface area contributed by atoms with Gasteiger partial charge in [0.25, 0.3) is 0 Å². The number of hydrogen-bond donors (Lipinski definition) is 3. The molecular formula is C16H23N5O. The van der Waals surface area contributed by atoms with Crippen LogP contribution in [0, 0.1) is 5.41 Å². The highest BCUT2D eigenvalue weighted by molar-refractivity contribution is 5.99. The molecule has 0 aliphatic carbocycles. The SMILES string of the molecule is CCCCCN(/N=C/c1c[nH]c2ccc(OC)cc12)C(=N)N. The summed E-state index contributed by atoms with van der Waals surface area (Å²) in [6, 6.07) is 5.84. The molecule has 0 spiro atoms. The zero-order chi connectivity index (χ0) is 15.9. The highest BCUT2D eigenvalue weighted by atomic mass is 16.5. The van der Waals surface area contributed by atoms with E-state index in [1.54, 1.807) is 13.3 Å². The Kier molecular flexibility index (Phi) is 5.41. The van der Waals surface area contributed by atoms with Gasteiger partial charge >= 0.3 is 0 Å². The molecule has 0 bridgehead atoms. The molecule has 0 atom stereocenters. The van der Waals surface area contributed by atoms with Crippen LogP contribution in [0.2, 0.25) is 0 Å². The molecule has 0 saturated heterocycles. The number of methoxy groups -OCH3 is 1. The lowest BCUT2D eigenvalue weighted by Crippen LogP contribution is -2.33. The Labute approximate surface area is 130 Å². The number of nitrogens with one attached hydrogen (secondary N) is 2. The minimum absolute atomic E-state index is 0.0372. The van der Waals surface area contributed by atoms with Crippen LogP contribution < -0.4 is 10.5 Å². The molecule has 6 nitrogen and oxygen atoms in total. The maximum absolute atomic E-state index is 7.60. The fourth-order valence-corrected chi connectivity index (χ4v) is 2.24. The summed E-state index contributed by atoms with van der Waals surface area (Å²) in [6.07, 6.45) is 6.81. The van der Waals surface area contributed by atoms with Crippen molar-refractivity contribution in [3.05, 3.63) is 30.0 Å². The summed E-state index contributed by atoms with van der Waals surface area (Å²) < 4.78 is 5.25. The van der Waals surface area contributed by atoms with Gasteiger partial charge in [0, 0.05) is 29.2 Å². The molecule has 118 valence electrons. The van der Waals surface area contributed by atoms with Crippen molar-refractivity contribution in [3.63, 3.8) is 0 Å². The van der Waals surface area contributed by atoms with Crippen LogP contribution in [-0.4, -0.2) is 35.8 Å². The summed E-state index contributed by atoms with van der Waals surface area (Å²) in [6.45, 7) is 2.80. The summed E-state index contributed by atoms with van der Waals surface area (Å²) in [7, 11) is 1.65. The Morgan fingerprint density at radius 1 is 1.45 bits per heavy atom. The summed E-state index contributed by atoms with van der Waals surface area (Å²) in [4.78, 5) is 3.19. The average molecular weight is 301 g/mol. The molecule has 0 radical (unpaired) electrons. The van der Waals surface area contributed by atoms with Gasteiger partial charge in [-0.15, -0.1) is 0 Å². The van der Waals surface area contributed by atoms with E-state index < -0.39 is 0 Å². The second-order valence-corrected chi connectivity index (χ2v) is 5.12. The van der Waals surface area contributed by atoms with Gasteiger partial charge in [0.2, 0.25) is 5.96 Å². The fourth-order valence-electron chi connectivity index (χ4n) is 2.24. The molecule has 6 heteroatoms. The van der Waals surface area contributed by atoms with Crippen LogP contribution >= 0.6 is 0 Å². The van der Waals surface area contributed by atoms with Crippen LogP contribution in [0.15, 0.2) is 29.5 Å². The predicted octanol–water partition coefficient (Wildman–Crippen LogP) is 2.90. The van der Waals surface area contributed by atoms with Crippen molar-refractivity contribution in [1.82, 2.24) is 9.99 Å². The third-order valence-corrected chi connectivity index (χ3v) is 3.51. The largest absolute Gasteiger partial charge is 0.497 e. The molecule has 1 aromatic carbocycles. The Bertz CT molecular complexity index is 662. The average Bonchev–Trinajstić information content (AvgIpc) is 2.92. The minimum Gasteiger partial charge on any atom is -0.497 e. The van der Waals surface area contributed by atoms with E-state index in [4.69, 9.17) is 15.9 Å². The number of hydrazone groups is 1. The van der Waals surface area contributed by atoms with E-state index in [0.717, 1.165) is 41.5 Å². The van der Waals surface area contributed by atoms with Gasteiger partial charge in [-0.1, -0.05) is 19.8 Å². The van der Waals surface area contributed by atoms with Crippen molar-refractivity contribution in [2.24, 2.45) is 10.8 Å². The van der Waals surface area contributed by atoms with Gasteiger partial charge < -0.3 is 15.5 Å². The molecule has 0 aliphatic heterocycles. The molecular weight excluding hydrogens is 278 g/mol. The van der Waals surface area contributed by atoms with Crippen molar-refractivity contribution in [1.29, 1.82) is 5.41 Å². The lowest BCUT2D eigenvalue weighted by Gasteiger charge is -2.15. The molecule has 1 heterocycles. The number of nitrogens with two attached hydrogens (primary N) is 1. The number of H-pyrrole nitrogens is 1. The van der Waals surface area contributed by atoms with Crippen LogP contribution in [-0.2, 0) is 0 Å². The van der Waals surface area contributed by atoms with Gasteiger partial charge in [0.05, 0.1) is 13.3 Å². The van der Waals surface area contributed by atoms with Gasteiger partial charge in [-0.3, -0.25) is 5.41 Å². The molecule has 0 aliphatic rings. The Hall–Kier alpha value is -2.50. The normalized spacial score (nSPS) is 11.2. The van der Waals surface area contributed by atoms with Gasteiger partial charge in [0.15, 0.2) is 0 Å². The number of guanidine groups is 1. The molecule has 1 aromatic heterocycles. The van der Waals surface area contributed by atoms with Crippen molar-refractivity contribution in [3.8, 4) is 5.75 Å². The van der Waals surface area contributed by atoms with Crippen molar-refractivity contribution in [2.75, 3.05) is 13.7 Å². The maximum Gasteiger partial charge on any atom is 0.209 e. The van der Waals surface area contributed by atoms with Crippen LogP contribution in [0.1, 0.15) is 31.7 Å². The lowest BCUT2D eigenvalue weighted by molar-refractivity contribution is 0.415. The number of fused-ring (bicyclic) bond motifs is 1. The molecule has 2 rings (SSSR count). The molecule has 0 unspecified atom stereocenters. The second kappa shape index (κ2) is 7.49. The number of rotatable bonds is 7. The van der Waals surface area contributed by atoms with Gasteiger partial charge in [-0.2, -0.15) is 5.10 Å². The number of benzene rings is 1. The quantitative estimate of drug-likeness (QED) is 0.318. The maximum atomic E-state index is 7.60. The zero-order valence-corrected chi connectivity index (χ0v) is 13.1. The first-order valence-corrected chi connectivity index (χ1v) is 7.46. The smallest absolute Gasteiger partial charge is 0.209 e. The van der Waals surface area contributed by atoms with Crippen LogP contribution in [0.3, 0.4) is 0 Å². The third kappa shape index (κ3) is 3.78. The lowest BCUT2D eigenvalue weighted by atomic mass is 10.2. The fraction of sp³-hybridized carbons (Fsp3) is 0.375. The first kappa shape index (κ1) is 15.9. The Morgan fingerprint density at radius 3 is 2.95 bits per heavy atom. The number of aromatic nitrogens is 1. The van der Waals surface area contributed by atoms with Crippen molar-refractivity contribution < 1.29 is 4.74 Å². The van der Waals surface area contributed by atoms with E-state index >= 15 is 0 Å². The van der Waals surface area contributed by atoms with E-state index in [0.29, 0.717) is 6.54 Å². The Morgan fingerprint density at radius 2 is 2.27 bits per heavy atom. The first-order chi connectivity index (χ1) is 10.7. The highest BCUT2D eigenvalue weighted by Crippen LogP contribution is 2.22. The minimum atomic E-state index is -0.0372. The summed E-state index contributed by atoms with van der Waals surface area (Å²) in [5.74, 6) is 0.762. The number of nitrogens with zero attached hydrogens (tertiary/aromatic N) is 2. The number of unbranched alkanes of at least 4 members (excludes halogenated alkanes) is 2. The summed E-state index contributed by atoms with van der Waals surface area (Å²) >= 11 is 0. The van der Waals surface area contributed by atoms with Crippen LogP contribution in [0.25, 0.3) is 10.9 Å². The van der Waals surface area contributed by atoms with E-state index in [2.05, 4.69) is 17.0 Å². The molecule has 4 N–H and O–H groups in total. The first-order valence-electron chi connectivity index (χ1n) is 7.46. The second-order valence-electron chi connectivity index (χ2n) is 5.12. The predicted molar refractivity (Wildman–Crippen MR) is 90.6 cm³/mol. The van der Waals surface area contributed by atoms with E-state index in [9.17, 15) is 0 Å². The summed E-state index contributed by atoms with van der Waals surface area (Å²) in [5.41, 5.74) is 7.54. The highest BCUT2D eigenvalue weighted by Gasteiger charge is 2.06. The third-order valence-electron chi connectivity index (χ3n) is 3.51. The number of aromatic amines is 1. The van der Waals surface area contributed by atoms with Gasteiger partial charge in [-0.25, -0.2) is 5.01 Å². The Balaban J connectivity index is 2.18. The van der Waals surface area contributed by atoms with E-state index in [-0.39, 0.29) is 5.96 Å². The number of hydrogen-bond acceptors (Lipinski definition) is 3. The van der Waals surface area contributed by atoms with Gasteiger partial charge in [0.1, 0.15) is 5.75 Å². The molecule has 0 amide bonds. The number of ether oxygens (including phenoxy) is 1. The molecule has 2 aromatic rings. The molecule has 0 fully saturated rings. The van der Waals surface area contributed by atoms with Crippen molar-refractivity contribution in [2.45, 2.75) is 26.2 Å². The summed E-state index contributed by atoms with van der Waals surface area (Å²) in [5, 5.41) is 14.5. The van der Waals surface area contributed by atoms with Crippen molar-refractivity contribution >= 4 is 23.1 Å². The van der Waals surface area contributed by atoms with E-state index in [1.165, 1.54) is 5.01 Å². The zero-order valence-electron chi connectivity index (χ0n) is 13.1. The molecule has 22 heavy (non-hydrogen) atoms. The standard InChI is InChI=1S/C16H23N5O/c1-3-4-5-8-21(16(17)18)20-11-12-10-19-15-7-6-13(22-2)9-14(12)15/h6-7,9-11,19H,3-5,8H2,1-2H3,(H3,17,18)/b20-11+. The van der Waals surface area contributed by atoms with Gasteiger partial charge in [-0.05, 0) is 24.6 Å². The monoisotopic (exact) mass is 301 g/mol. The van der Waals surface area contributed by atoms with Crippen LogP contribution in [0.5, 0.6) is 5.75 Å². The van der Waals surface area contributed by atoms with Crippen LogP contribution in [0.4, 0.5) is 0 Å². The van der Waals surface area contributed by atoms with E-state index in [1.807, 2.05) is 24.4 Å².